The molecule has 0 amide bonds. The summed E-state index contributed by atoms with van der Waals surface area (Å²) in [6, 6.07) is 11.1. The maximum atomic E-state index is 12.5. The maximum Gasteiger partial charge on any atom is 0.336 e. The average molecular weight is 342 g/mol. The fraction of sp³-hybridized carbons (Fsp3) is 0.111. The van der Waals surface area contributed by atoms with Gasteiger partial charge in [0.15, 0.2) is 5.78 Å². The first kappa shape index (κ1) is 17.9. The van der Waals surface area contributed by atoms with Crippen LogP contribution < -0.4 is 0 Å². The van der Waals surface area contributed by atoms with Crippen molar-refractivity contribution in [2.24, 2.45) is 0 Å². The molecule has 0 saturated carbocycles. The average Bonchev–Trinajstić information content (AvgIpc) is 2.55. The Labute approximate surface area is 142 Å². The van der Waals surface area contributed by atoms with Crippen molar-refractivity contribution in [2.45, 2.75) is 12.3 Å². The zero-order valence-corrected chi connectivity index (χ0v) is 12.9. The maximum absolute atomic E-state index is 12.5. The van der Waals surface area contributed by atoms with E-state index in [-0.39, 0.29) is 22.3 Å². The number of rotatable bonds is 7. The van der Waals surface area contributed by atoms with E-state index < -0.39 is 36.0 Å². The van der Waals surface area contributed by atoms with Gasteiger partial charge in [-0.05, 0) is 23.3 Å². The molecule has 0 bridgehead atoms. The molecule has 1 atom stereocenters. The van der Waals surface area contributed by atoms with Crippen LogP contribution >= 0.6 is 0 Å². The van der Waals surface area contributed by atoms with Crippen molar-refractivity contribution in [1.82, 2.24) is 0 Å². The van der Waals surface area contributed by atoms with Crippen LogP contribution in [-0.4, -0.2) is 39.0 Å². The van der Waals surface area contributed by atoms with Gasteiger partial charge in [0.2, 0.25) is 0 Å². The number of carbonyl (C=O) groups excluding carboxylic acids is 1. The highest BCUT2D eigenvalue weighted by atomic mass is 16.4. The number of hydrogen-bond donors (Lipinski definition) is 3. The Bertz CT molecular complexity index is 854. The quantitative estimate of drug-likeness (QED) is 0.657. The molecule has 2 rings (SSSR count). The molecule has 7 heteroatoms. The van der Waals surface area contributed by atoms with Gasteiger partial charge in [-0.2, -0.15) is 0 Å². The lowest BCUT2D eigenvalue weighted by atomic mass is 9.87. The third-order valence-corrected chi connectivity index (χ3v) is 3.68. The zero-order chi connectivity index (χ0) is 18.6. The van der Waals surface area contributed by atoms with E-state index in [2.05, 4.69) is 0 Å². The van der Waals surface area contributed by atoms with Crippen LogP contribution in [0.3, 0.4) is 0 Å². The van der Waals surface area contributed by atoms with Crippen LogP contribution in [0.1, 0.15) is 37.8 Å². The standard InChI is InChI=1S/C18H14O7/c19-14(9-10-5-1-2-6-11(10)16(20)21)15(18(24)25)12-7-3-4-8-13(12)17(22)23/h1-8,15H,9H2,(H,20,21)(H,22,23)(H,24,25). The Morgan fingerprint density at radius 3 is 1.84 bits per heavy atom. The highest BCUT2D eigenvalue weighted by molar-refractivity contribution is 6.07. The predicted molar refractivity (Wildman–Crippen MR) is 85.9 cm³/mol. The lowest BCUT2D eigenvalue weighted by molar-refractivity contribution is -0.142. The van der Waals surface area contributed by atoms with Gasteiger partial charge in [0.05, 0.1) is 11.1 Å². The molecule has 3 N–H and O–H groups in total. The minimum atomic E-state index is -1.70. The molecule has 0 radical (unpaired) electrons. The largest absolute Gasteiger partial charge is 0.480 e. The first-order valence-electron chi connectivity index (χ1n) is 7.22. The van der Waals surface area contributed by atoms with Crippen molar-refractivity contribution < 1.29 is 34.5 Å². The number of aliphatic carboxylic acids is 1. The van der Waals surface area contributed by atoms with Crippen molar-refractivity contribution in [2.75, 3.05) is 0 Å². The molecule has 25 heavy (non-hydrogen) atoms. The van der Waals surface area contributed by atoms with Crippen LogP contribution in [-0.2, 0) is 16.0 Å². The Morgan fingerprint density at radius 1 is 0.760 bits per heavy atom. The first-order chi connectivity index (χ1) is 11.8. The van der Waals surface area contributed by atoms with E-state index in [1.165, 1.54) is 48.5 Å². The summed E-state index contributed by atoms with van der Waals surface area (Å²) in [6.45, 7) is 0. The van der Waals surface area contributed by atoms with E-state index in [1.807, 2.05) is 0 Å². The fourth-order valence-electron chi connectivity index (χ4n) is 2.56. The normalized spacial score (nSPS) is 11.5. The van der Waals surface area contributed by atoms with Crippen molar-refractivity contribution in [3.63, 3.8) is 0 Å². The smallest absolute Gasteiger partial charge is 0.336 e. The molecule has 128 valence electrons. The molecule has 0 saturated heterocycles. The number of carbonyl (C=O) groups is 4. The summed E-state index contributed by atoms with van der Waals surface area (Å²) < 4.78 is 0. The predicted octanol–water partition coefficient (Wildman–Crippen LogP) is 2.06. The van der Waals surface area contributed by atoms with E-state index in [0.717, 1.165) is 0 Å². The topological polar surface area (TPSA) is 129 Å². The molecule has 0 heterocycles. The fourth-order valence-corrected chi connectivity index (χ4v) is 2.56. The van der Waals surface area contributed by atoms with Crippen LogP contribution in [0.5, 0.6) is 0 Å². The molecule has 0 aromatic heterocycles. The summed E-state index contributed by atoms with van der Waals surface area (Å²) in [4.78, 5) is 46.6. The summed E-state index contributed by atoms with van der Waals surface area (Å²) in [7, 11) is 0. The van der Waals surface area contributed by atoms with Crippen LogP contribution in [0, 0.1) is 0 Å². The minimum absolute atomic E-state index is 0.105. The second-order valence-electron chi connectivity index (χ2n) is 5.27. The van der Waals surface area contributed by atoms with Gasteiger partial charge in [0, 0.05) is 6.42 Å². The van der Waals surface area contributed by atoms with E-state index in [4.69, 9.17) is 5.11 Å². The van der Waals surface area contributed by atoms with Crippen LogP contribution in [0.2, 0.25) is 0 Å². The summed E-state index contributed by atoms with van der Waals surface area (Å²) in [5.74, 6) is -6.57. The molecule has 2 aromatic carbocycles. The molecule has 7 nitrogen and oxygen atoms in total. The van der Waals surface area contributed by atoms with Gasteiger partial charge >= 0.3 is 17.9 Å². The second-order valence-corrected chi connectivity index (χ2v) is 5.27. The summed E-state index contributed by atoms with van der Waals surface area (Å²) in [5.41, 5.74) is -0.361. The third-order valence-electron chi connectivity index (χ3n) is 3.68. The SMILES string of the molecule is O=C(O)c1ccccc1CC(=O)C(C(=O)O)c1ccccc1C(=O)O. The van der Waals surface area contributed by atoms with E-state index in [1.54, 1.807) is 0 Å². The Kier molecular flexibility index (Phi) is 5.28. The Hall–Kier alpha value is -3.48. The highest BCUT2D eigenvalue weighted by Gasteiger charge is 2.32. The zero-order valence-electron chi connectivity index (χ0n) is 12.9. The van der Waals surface area contributed by atoms with Gasteiger partial charge in [0.1, 0.15) is 5.92 Å². The lowest BCUT2D eigenvalue weighted by Crippen LogP contribution is -2.26. The third kappa shape index (κ3) is 3.89. The summed E-state index contributed by atoms with van der Waals surface area (Å²) in [5, 5.41) is 27.8. The molecule has 0 spiro atoms. The molecular formula is C18H14O7. The first-order valence-corrected chi connectivity index (χ1v) is 7.22. The van der Waals surface area contributed by atoms with Gasteiger partial charge in [-0.3, -0.25) is 9.59 Å². The van der Waals surface area contributed by atoms with Gasteiger partial charge in [-0.25, -0.2) is 9.59 Å². The number of hydrogen-bond acceptors (Lipinski definition) is 4. The van der Waals surface area contributed by atoms with Crippen LogP contribution in [0.4, 0.5) is 0 Å². The van der Waals surface area contributed by atoms with Gasteiger partial charge < -0.3 is 15.3 Å². The molecule has 1 unspecified atom stereocenters. The van der Waals surface area contributed by atoms with E-state index in [9.17, 15) is 29.4 Å². The van der Waals surface area contributed by atoms with Crippen LogP contribution in [0.25, 0.3) is 0 Å². The van der Waals surface area contributed by atoms with Gasteiger partial charge in [-0.1, -0.05) is 36.4 Å². The molecule has 0 aliphatic rings. The minimum Gasteiger partial charge on any atom is -0.480 e. The summed E-state index contributed by atoms with van der Waals surface area (Å²) >= 11 is 0. The summed E-state index contributed by atoms with van der Waals surface area (Å²) in [6.07, 6.45) is -0.437. The van der Waals surface area contributed by atoms with E-state index in [0.29, 0.717) is 0 Å². The van der Waals surface area contributed by atoms with E-state index >= 15 is 0 Å². The molecule has 0 fully saturated rings. The second kappa shape index (κ2) is 7.39. The Balaban J connectivity index is 2.43. The molecular weight excluding hydrogens is 328 g/mol. The molecule has 0 aliphatic carbocycles. The highest BCUT2D eigenvalue weighted by Crippen LogP contribution is 2.24. The number of benzene rings is 2. The molecule has 0 aliphatic heterocycles. The number of Topliss-reactive ketones (excluding diaryl/α,β-unsaturated/α-hetero) is 1. The molecule has 2 aromatic rings. The number of carboxylic acids is 3. The van der Waals surface area contributed by atoms with Crippen molar-refractivity contribution in [3.05, 3.63) is 70.8 Å². The monoisotopic (exact) mass is 342 g/mol. The lowest BCUT2D eigenvalue weighted by Gasteiger charge is -2.15. The number of carboxylic acid groups (broad SMARTS) is 3. The number of aromatic carboxylic acids is 2. The Morgan fingerprint density at radius 2 is 1.28 bits per heavy atom. The number of ketones is 1. The van der Waals surface area contributed by atoms with Crippen LogP contribution in [0.15, 0.2) is 48.5 Å². The van der Waals surface area contributed by atoms with Crippen molar-refractivity contribution in [1.29, 1.82) is 0 Å². The van der Waals surface area contributed by atoms with Gasteiger partial charge in [-0.15, -0.1) is 0 Å². The van der Waals surface area contributed by atoms with Gasteiger partial charge in [0.25, 0.3) is 0 Å². The van der Waals surface area contributed by atoms with Crippen molar-refractivity contribution >= 4 is 23.7 Å². The van der Waals surface area contributed by atoms with Crippen molar-refractivity contribution in [3.8, 4) is 0 Å².